The number of carbonyl (C=O) groups excluding carboxylic acids is 4. The van der Waals surface area contributed by atoms with Gasteiger partial charge in [0.15, 0.2) is 12.2 Å². The van der Waals surface area contributed by atoms with Crippen LogP contribution in [0, 0.1) is 5.92 Å². The van der Waals surface area contributed by atoms with E-state index in [0.717, 1.165) is 102 Å². The van der Waals surface area contributed by atoms with Crippen molar-refractivity contribution < 1.29 is 80.2 Å². The zero-order valence-electron chi connectivity index (χ0n) is 51.2. The molecule has 0 fully saturated rings. The number of ether oxygens (including phenoxy) is 4. The first kappa shape index (κ1) is 78.1. The predicted molar refractivity (Wildman–Crippen MR) is 317 cm³/mol. The molecular weight excluding hydrogens is 1070 g/mol. The maximum Gasteiger partial charge on any atom is 0.472 e. The average molecular weight is 1190 g/mol. The molecular formula is C61H118O17P2. The van der Waals surface area contributed by atoms with Crippen LogP contribution in [0.2, 0.25) is 0 Å². The van der Waals surface area contributed by atoms with E-state index in [0.29, 0.717) is 25.7 Å². The third-order valence-electron chi connectivity index (χ3n) is 14.0. The van der Waals surface area contributed by atoms with Crippen LogP contribution in [0.15, 0.2) is 0 Å². The minimum Gasteiger partial charge on any atom is -0.462 e. The molecule has 0 heterocycles. The molecule has 0 amide bonds. The lowest BCUT2D eigenvalue weighted by molar-refractivity contribution is -0.161. The summed E-state index contributed by atoms with van der Waals surface area (Å²) in [4.78, 5) is 71.8. The smallest absolute Gasteiger partial charge is 0.462 e. The van der Waals surface area contributed by atoms with E-state index in [1.807, 2.05) is 0 Å². The molecule has 0 saturated carbocycles. The number of hydrogen-bond donors (Lipinski definition) is 3. The first-order chi connectivity index (χ1) is 38.5. The van der Waals surface area contributed by atoms with Crippen molar-refractivity contribution in [3.63, 3.8) is 0 Å². The van der Waals surface area contributed by atoms with E-state index in [1.165, 1.54) is 122 Å². The highest BCUT2D eigenvalue weighted by Gasteiger charge is 2.30. The Labute approximate surface area is 486 Å². The molecule has 0 bridgehead atoms. The normalized spacial score (nSPS) is 14.3. The molecule has 0 aromatic heterocycles. The third-order valence-corrected chi connectivity index (χ3v) is 15.9. The Kier molecular flexibility index (Phi) is 53.6. The quantitative estimate of drug-likeness (QED) is 0.0222. The number of phosphoric ester groups is 2. The summed E-state index contributed by atoms with van der Waals surface area (Å²) in [5.74, 6) is -1.38. The van der Waals surface area contributed by atoms with Crippen molar-refractivity contribution in [3.8, 4) is 0 Å². The van der Waals surface area contributed by atoms with Crippen molar-refractivity contribution in [1.29, 1.82) is 0 Å². The molecule has 5 atom stereocenters. The van der Waals surface area contributed by atoms with Crippen LogP contribution in [0.25, 0.3) is 0 Å². The van der Waals surface area contributed by atoms with Gasteiger partial charge in [-0.05, 0) is 31.6 Å². The van der Waals surface area contributed by atoms with Crippen molar-refractivity contribution in [3.05, 3.63) is 0 Å². The number of carbonyl (C=O) groups is 4. The summed E-state index contributed by atoms with van der Waals surface area (Å²) < 4.78 is 67.7. The fourth-order valence-electron chi connectivity index (χ4n) is 9.05. The van der Waals surface area contributed by atoms with E-state index >= 15 is 0 Å². The van der Waals surface area contributed by atoms with Gasteiger partial charge in [0.05, 0.1) is 26.4 Å². The van der Waals surface area contributed by atoms with Crippen molar-refractivity contribution in [2.45, 2.75) is 323 Å². The van der Waals surface area contributed by atoms with E-state index < -0.39 is 97.5 Å². The highest BCUT2D eigenvalue weighted by molar-refractivity contribution is 7.47. The molecule has 0 radical (unpaired) electrons. The van der Waals surface area contributed by atoms with Crippen LogP contribution in [-0.4, -0.2) is 96.7 Å². The highest BCUT2D eigenvalue weighted by Crippen LogP contribution is 2.45. The van der Waals surface area contributed by atoms with Crippen molar-refractivity contribution >= 4 is 39.5 Å². The molecule has 0 saturated heterocycles. The molecule has 0 spiro atoms. The number of rotatable bonds is 61. The molecule has 0 aromatic carbocycles. The second-order valence-corrected chi connectivity index (χ2v) is 25.5. The maximum absolute atomic E-state index is 12.9. The minimum absolute atomic E-state index is 0.105. The van der Waals surface area contributed by atoms with Crippen LogP contribution < -0.4 is 0 Å². The fraction of sp³-hybridized carbons (Fsp3) is 0.934. The number of aliphatic hydroxyl groups is 1. The van der Waals surface area contributed by atoms with E-state index in [2.05, 4.69) is 34.6 Å². The summed E-state index contributed by atoms with van der Waals surface area (Å²) in [6.07, 6.45) is 37.8. The van der Waals surface area contributed by atoms with Gasteiger partial charge in [0.25, 0.3) is 0 Å². The van der Waals surface area contributed by atoms with E-state index in [1.54, 1.807) is 0 Å². The zero-order chi connectivity index (χ0) is 59.2. The lowest BCUT2D eigenvalue weighted by Gasteiger charge is -2.21. The summed E-state index contributed by atoms with van der Waals surface area (Å²) in [6.45, 7) is 7.08. The van der Waals surface area contributed by atoms with E-state index in [-0.39, 0.29) is 25.7 Å². The zero-order valence-corrected chi connectivity index (χ0v) is 53.0. The Bertz CT molecular complexity index is 1570. The largest absolute Gasteiger partial charge is 0.472 e. The van der Waals surface area contributed by atoms with Gasteiger partial charge in [-0.25, -0.2) is 9.13 Å². The highest BCUT2D eigenvalue weighted by atomic mass is 31.2. The second-order valence-electron chi connectivity index (χ2n) is 22.6. The number of esters is 4. The number of phosphoric acid groups is 2. The van der Waals surface area contributed by atoms with Crippen molar-refractivity contribution in [1.82, 2.24) is 0 Å². The van der Waals surface area contributed by atoms with Gasteiger partial charge in [-0.1, -0.05) is 253 Å². The molecule has 0 aliphatic carbocycles. The summed E-state index contributed by atoms with van der Waals surface area (Å²) >= 11 is 0. The van der Waals surface area contributed by atoms with Gasteiger partial charge in [-0.2, -0.15) is 0 Å². The van der Waals surface area contributed by atoms with Crippen molar-refractivity contribution in [2.24, 2.45) is 5.92 Å². The van der Waals surface area contributed by atoms with Crippen LogP contribution in [0.4, 0.5) is 0 Å². The molecule has 0 aromatic rings. The van der Waals surface area contributed by atoms with Crippen LogP contribution >= 0.6 is 15.6 Å². The Morgan fingerprint density at radius 3 is 0.850 bits per heavy atom. The Morgan fingerprint density at radius 1 is 0.338 bits per heavy atom. The SMILES string of the molecule is CCCCCCCCCCCCCC(=O)OC[C@H](COP(=O)(O)OC[C@@H](O)COP(=O)(O)OC[C@@H](COC(=O)CCCCCCC)OC(=O)CCCCCCCCCCCC)OC(=O)CCCCCCCCCCCCCC(C)C. The number of unbranched alkanes of at least 4 members (excludes halogenated alkanes) is 33. The molecule has 474 valence electrons. The molecule has 2 unspecified atom stereocenters. The van der Waals surface area contributed by atoms with Gasteiger partial charge in [-0.3, -0.25) is 37.3 Å². The summed E-state index contributed by atoms with van der Waals surface area (Å²) in [7, 11) is -9.87. The molecule has 3 N–H and O–H groups in total. The van der Waals surface area contributed by atoms with Gasteiger partial charge in [0.2, 0.25) is 0 Å². The Balaban J connectivity index is 5.18. The molecule has 80 heavy (non-hydrogen) atoms. The average Bonchev–Trinajstić information content (AvgIpc) is 3.42. The molecule has 0 aliphatic heterocycles. The number of aliphatic hydroxyl groups excluding tert-OH is 1. The van der Waals surface area contributed by atoms with Crippen molar-refractivity contribution in [2.75, 3.05) is 39.6 Å². The standard InChI is InChI=1S/C61H118O17P2/c1-6-9-12-15-17-19-22-27-30-35-40-45-59(64)72-51-57(78-61(66)47-42-37-32-28-24-21-23-25-29-34-38-43-54(4)5)53-76-80(69,70)74-49-55(62)48-73-79(67,68)75-52-56(50-71-58(63)44-39-33-14-11-8-3)77-60(65)46-41-36-31-26-20-18-16-13-10-7-2/h54-57,62H,6-53H2,1-5H3,(H,67,68)(H,69,70)/t55-,56+,57+/m0/s1. The van der Waals surface area contributed by atoms with Crippen LogP contribution in [0.1, 0.15) is 304 Å². The summed E-state index contributed by atoms with van der Waals surface area (Å²) in [6, 6.07) is 0. The van der Waals surface area contributed by atoms with E-state index in [4.69, 9.17) is 37.0 Å². The van der Waals surface area contributed by atoms with Gasteiger partial charge < -0.3 is 33.8 Å². The van der Waals surface area contributed by atoms with Gasteiger partial charge in [0, 0.05) is 25.7 Å². The molecule has 0 rings (SSSR count). The second kappa shape index (κ2) is 55.0. The minimum atomic E-state index is -4.94. The summed E-state index contributed by atoms with van der Waals surface area (Å²) in [5.41, 5.74) is 0. The first-order valence-corrected chi connectivity index (χ1v) is 35.1. The van der Waals surface area contributed by atoms with E-state index in [9.17, 15) is 43.2 Å². The van der Waals surface area contributed by atoms with Crippen LogP contribution in [0.3, 0.4) is 0 Å². The fourth-order valence-corrected chi connectivity index (χ4v) is 10.6. The van der Waals surface area contributed by atoms with Crippen LogP contribution in [-0.2, 0) is 65.4 Å². The Morgan fingerprint density at radius 2 is 0.575 bits per heavy atom. The third kappa shape index (κ3) is 55.3. The first-order valence-electron chi connectivity index (χ1n) is 32.1. The van der Waals surface area contributed by atoms with Gasteiger partial charge in [-0.15, -0.1) is 0 Å². The molecule has 0 aliphatic rings. The lowest BCUT2D eigenvalue weighted by Crippen LogP contribution is -2.30. The monoisotopic (exact) mass is 1180 g/mol. The topological polar surface area (TPSA) is 237 Å². The summed E-state index contributed by atoms with van der Waals surface area (Å²) in [5, 5.41) is 10.5. The predicted octanol–water partition coefficient (Wildman–Crippen LogP) is 16.6. The lowest BCUT2D eigenvalue weighted by atomic mass is 10.0. The van der Waals surface area contributed by atoms with Gasteiger partial charge >= 0.3 is 39.5 Å². The van der Waals surface area contributed by atoms with Crippen LogP contribution in [0.5, 0.6) is 0 Å². The molecule has 19 heteroatoms. The molecule has 17 nitrogen and oxygen atoms in total. The number of hydrogen-bond acceptors (Lipinski definition) is 15. The Hall–Kier alpha value is -1.94. The van der Waals surface area contributed by atoms with Gasteiger partial charge in [0.1, 0.15) is 19.3 Å². The maximum atomic E-state index is 12.9.